The van der Waals surface area contributed by atoms with Gasteiger partial charge in [0.1, 0.15) is 22.9 Å². The Morgan fingerprint density at radius 2 is 1.86 bits per heavy atom. The normalized spacial score (nSPS) is 17.9. The molecule has 1 N–H and O–H groups in total. The number of aromatic nitrogens is 7. The molecule has 0 amide bonds. The van der Waals surface area contributed by atoms with Gasteiger partial charge in [0.2, 0.25) is 0 Å². The molecule has 0 aromatic carbocycles. The molecule has 0 saturated heterocycles. The quantitative estimate of drug-likeness (QED) is 0.403. The van der Waals surface area contributed by atoms with Crippen LogP contribution in [-0.2, 0) is 25.6 Å². The number of halogens is 5. The van der Waals surface area contributed by atoms with Crippen molar-refractivity contribution in [2.24, 2.45) is 7.05 Å². The van der Waals surface area contributed by atoms with Crippen molar-refractivity contribution in [3.05, 3.63) is 48.2 Å². The number of aryl methyl sites for hydroxylation is 2. The predicted octanol–water partition coefficient (Wildman–Crippen LogP) is 4.84. The first-order chi connectivity index (χ1) is 17.0. The van der Waals surface area contributed by atoms with E-state index in [1.807, 2.05) is 6.92 Å². The first kappa shape index (κ1) is 22.7. The summed E-state index contributed by atoms with van der Waals surface area (Å²) in [5.41, 5.74) is 0.223. The predicted molar refractivity (Wildman–Crippen MR) is 120 cm³/mol. The fourth-order valence-corrected chi connectivity index (χ4v) is 4.79. The monoisotopic (exact) mass is 504 g/mol. The first-order valence-electron chi connectivity index (χ1n) is 11.3. The minimum atomic E-state index is -4.59. The van der Waals surface area contributed by atoms with Gasteiger partial charge >= 0.3 is 6.18 Å². The SMILES string of the molecule is Cc1cnc(Nc2ccnn2C)cc1-c1cc2n(c1)CC(F)(F)Cn1c-2nnc1C1(C(F)(F)F)CC1. The summed E-state index contributed by atoms with van der Waals surface area (Å²) in [7, 11) is 1.78. The third kappa shape index (κ3) is 3.47. The Hall–Kier alpha value is -3.77. The van der Waals surface area contributed by atoms with Crippen molar-refractivity contribution in [2.75, 3.05) is 5.32 Å². The topological polar surface area (TPSA) is 78.4 Å². The number of hydrogen-bond acceptors (Lipinski definition) is 5. The van der Waals surface area contributed by atoms with E-state index >= 15 is 0 Å². The van der Waals surface area contributed by atoms with Crippen molar-refractivity contribution in [1.82, 2.24) is 34.1 Å². The van der Waals surface area contributed by atoms with Crippen molar-refractivity contribution >= 4 is 11.6 Å². The summed E-state index contributed by atoms with van der Waals surface area (Å²) >= 11 is 0. The Kier molecular flexibility index (Phi) is 4.64. The van der Waals surface area contributed by atoms with Gasteiger partial charge in [-0.2, -0.15) is 18.3 Å². The van der Waals surface area contributed by atoms with E-state index < -0.39 is 36.4 Å². The van der Waals surface area contributed by atoms with Crippen molar-refractivity contribution in [2.45, 2.75) is 50.4 Å². The summed E-state index contributed by atoms with van der Waals surface area (Å²) in [6.45, 7) is 0.245. The molecule has 0 radical (unpaired) electrons. The zero-order valence-electron chi connectivity index (χ0n) is 19.3. The number of hydrogen-bond donors (Lipinski definition) is 1. The molecular formula is C23H21F5N8. The summed E-state index contributed by atoms with van der Waals surface area (Å²) < 4.78 is 75.3. The molecule has 1 aliphatic heterocycles. The fourth-order valence-electron chi connectivity index (χ4n) is 4.79. The van der Waals surface area contributed by atoms with Gasteiger partial charge in [-0.3, -0.25) is 4.68 Å². The lowest BCUT2D eigenvalue weighted by molar-refractivity contribution is -0.163. The molecule has 2 aliphatic rings. The van der Waals surface area contributed by atoms with Crippen LogP contribution in [0.1, 0.15) is 24.2 Å². The van der Waals surface area contributed by atoms with Crippen LogP contribution in [0.2, 0.25) is 0 Å². The summed E-state index contributed by atoms with van der Waals surface area (Å²) in [4.78, 5) is 4.38. The van der Waals surface area contributed by atoms with Crippen LogP contribution < -0.4 is 5.32 Å². The number of nitrogens with one attached hydrogen (secondary N) is 1. The van der Waals surface area contributed by atoms with Crippen LogP contribution in [0.4, 0.5) is 33.6 Å². The van der Waals surface area contributed by atoms with Crippen LogP contribution in [0.5, 0.6) is 0 Å². The Bertz CT molecular complexity index is 1470. The Morgan fingerprint density at radius 1 is 1.08 bits per heavy atom. The molecule has 0 bridgehead atoms. The highest BCUT2D eigenvalue weighted by molar-refractivity contribution is 5.75. The zero-order chi connectivity index (χ0) is 25.5. The number of anilines is 2. The highest BCUT2D eigenvalue weighted by atomic mass is 19.4. The molecule has 8 nitrogen and oxygen atoms in total. The van der Waals surface area contributed by atoms with Crippen molar-refractivity contribution in [3.8, 4) is 22.6 Å². The zero-order valence-corrected chi connectivity index (χ0v) is 19.3. The molecule has 1 aliphatic carbocycles. The van der Waals surface area contributed by atoms with Crippen molar-refractivity contribution < 1.29 is 22.0 Å². The summed E-state index contributed by atoms with van der Waals surface area (Å²) in [6, 6.07) is 5.23. The second kappa shape index (κ2) is 7.37. The Balaban J connectivity index is 1.44. The second-order valence-corrected chi connectivity index (χ2v) is 9.46. The van der Waals surface area contributed by atoms with Gasteiger partial charge in [0.05, 0.1) is 25.0 Å². The van der Waals surface area contributed by atoms with Gasteiger partial charge in [-0.25, -0.2) is 13.8 Å². The smallest absolute Gasteiger partial charge is 0.338 e. The van der Waals surface area contributed by atoms with Crippen LogP contribution in [-0.4, -0.2) is 46.2 Å². The molecule has 6 rings (SSSR count). The van der Waals surface area contributed by atoms with Crippen LogP contribution in [0.25, 0.3) is 22.6 Å². The molecule has 36 heavy (non-hydrogen) atoms. The molecule has 4 aromatic heterocycles. The molecule has 13 heteroatoms. The van der Waals surface area contributed by atoms with Crippen molar-refractivity contribution in [3.63, 3.8) is 0 Å². The van der Waals surface area contributed by atoms with E-state index in [2.05, 4.69) is 25.6 Å². The third-order valence-corrected chi connectivity index (χ3v) is 6.88. The maximum atomic E-state index is 15.0. The van der Waals surface area contributed by atoms with Gasteiger partial charge < -0.3 is 14.5 Å². The van der Waals surface area contributed by atoms with Crippen LogP contribution >= 0.6 is 0 Å². The van der Waals surface area contributed by atoms with Gasteiger partial charge in [-0.05, 0) is 43.0 Å². The number of alkyl halides is 5. The third-order valence-electron chi connectivity index (χ3n) is 6.88. The van der Waals surface area contributed by atoms with Crippen molar-refractivity contribution in [1.29, 1.82) is 0 Å². The molecule has 0 unspecified atom stereocenters. The lowest BCUT2D eigenvalue weighted by atomic mass is 10.0. The highest BCUT2D eigenvalue weighted by Gasteiger charge is 2.67. The van der Waals surface area contributed by atoms with Gasteiger partial charge in [0.25, 0.3) is 5.92 Å². The van der Waals surface area contributed by atoms with Gasteiger partial charge in [0.15, 0.2) is 5.82 Å². The fraction of sp³-hybridized carbons (Fsp3) is 0.391. The molecule has 0 spiro atoms. The largest absolute Gasteiger partial charge is 0.401 e. The molecule has 5 heterocycles. The number of pyridine rings is 1. The Labute approximate surface area is 201 Å². The second-order valence-electron chi connectivity index (χ2n) is 9.46. The summed E-state index contributed by atoms with van der Waals surface area (Å²) in [5, 5.41) is 15.0. The van der Waals surface area contributed by atoms with E-state index in [-0.39, 0.29) is 24.4 Å². The number of fused-ring (bicyclic) bond motifs is 3. The lowest BCUT2D eigenvalue weighted by Gasteiger charge is -2.21. The van der Waals surface area contributed by atoms with E-state index in [0.29, 0.717) is 17.2 Å². The minimum Gasteiger partial charge on any atom is -0.338 e. The Morgan fingerprint density at radius 3 is 2.53 bits per heavy atom. The van der Waals surface area contributed by atoms with Gasteiger partial charge in [-0.15, -0.1) is 10.2 Å². The average Bonchev–Trinajstić information content (AvgIpc) is 3.20. The molecule has 188 valence electrons. The highest BCUT2D eigenvalue weighted by Crippen LogP contribution is 2.59. The van der Waals surface area contributed by atoms with Gasteiger partial charge in [-0.1, -0.05) is 0 Å². The average molecular weight is 504 g/mol. The van der Waals surface area contributed by atoms with E-state index in [0.717, 1.165) is 15.7 Å². The minimum absolute atomic E-state index is 0.00360. The van der Waals surface area contributed by atoms with E-state index in [1.54, 1.807) is 48.5 Å². The van der Waals surface area contributed by atoms with E-state index in [1.165, 1.54) is 4.57 Å². The summed E-state index contributed by atoms with van der Waals surface area (Å²) in [6.07, 6.45) is -0.0922. The first-order valence-corrected chi connectivity index (χ1v) is 11.3. The maximum Gasteiger partial charge on any atom is 0.401 e. The van der Waals surface area contributed by atoms with Crippen LogP contribution in [0.3, 0.4) is 0 Å². The summed E-state index contributed by atoms with van der Waals surface area (Å²) in [5.74, 6) is -2.50. The maximum absolute atomic E-state index is 15.0. The van der Waals surface area contributed by atoms with Crippen LogP contribution in [0, 0.1) is 6.92 Å². The molecule has 4 aromatic rings. The lowest BCUT2D eigenvalue weighted by Crippen LogP contribution is -2.35. The molecule has 1 saturated carbocycles. The van der Waals surface area contributed by atoms with Gasteiger partial charge in [0, 0.05) is 31.1 Å². The molecular weight excluding hydrogens is 483 g/mol. The standard InChI is InChI=1S/C23H21F5N8/c1-13-9-29-17(31-18-3-6-30-34(18)2)8-15(13)14-7-16-19-32-33-20(21(4-5-21)23(26,27)28)36(19)12-22(24,25)11-35(16)10-14/h3,6-10H,4-5,11-12H2,1-2H3,(H,29,31). The van der Waals surface area contributed by atoms with E-state index in [4.69, 9.17) is 0 Å². The number of rotatable bonds is 4. The molecule has 1 fully saturated rings. The molecule has 0 atom stereocenters. The van der Waals surface area contributed by atoms with E-state index in [9.17, 15) is 22.0 Å². The van der Waals surface area contributed by atoms with Crippen LogP contribution in [0.15, 0.2) is 36.8 Å². The number of nitrogens with zero attached hydrogens (tertiary/aromatic N) is 7.